The molecule has 0 spiro atoms. The highest BCUT2D eigenvalue weighted by molar-refractivity contribution is 5.04. The van der Waals surface area contributed by atoms with E-state index >= 15 is 0 Å². The fourth-order valence-electron chi connectivity index (χ4n) is 3.09. The van der Waals surface area contributed by atoms with E-state index in [4.69, 9.17) is 29.2 Å². The second-order valence-corrected chi connectivity index (χ2v) is 6.19. The largest absolute Gasteiger partial charge is 0.344 e. The van der Waals surface area contributed by atoms with Crippen LogP contribution in [0, 0.1) is 0 Å². The van der Waals surface area contributed by atoms with Crippen molar-refractivity contribution in [1.82, 2.24) is 0 Å². The predicted molar refractivity (Wildman–Crippen MR) is 66.6 cm³/mol. The molecule has 0 unspecified atom stereocenters. The first-order chi connectivity index (χ1) is 9.27. The Labute approximate surface area is 116 Å². The van der Waals surface area contributed by atoms with Gasteiger partial charge in [-0.15, -0.1) is 0 Å². The molecule has 20 heavy (non-hydrogen) atoms. The molecule has 3 aliphatic heterocycles. The van der Waals surface area contributed by atoms with Gasteiger partial charge in [0, 0.05) is 4.91 Å². The maximum atomic E-state index is 8.56. The lowest BCUT2D eigenvalue weighted by atomic mass is 9.97. The van der Waals surface area contributed by atoms with Gasteiger partial charge in [0.05, 0.1) is 13.2 Å². The fourth-order valence-corrected chi connectivity index (χ4v) is 3.09. The summed E-state index contributed by atoms with van der Waals surface area (Å²) in [5, 5.41) is 3.60. The molecule has 0 aromatic heterocycles. The molecule has 3 heterocycles. The van der Waals surface area contributed by atoms with Crippen LogP contribution in [0.5, 0.6) is 0 Å². The van der Waals surface area contributed by atoms with Gasteiger partial charge in [-0.1, -0.05) is 5.11 Å². The Morgan fingerprint density at radius 1 is 1.15 bits per heavy atom. The van der Waals surface area contributed by atoms with E-state index in [2.05, 4.69) is 10.0 Å². The van der Waals surface area contributed by atoms with Crippen LogP contribution in [0.1, 0.15) is 27.7 Å². The summed E-state index contributed by atoms with van der Waals surface area (Å²) in [5.41, 5.74) is 8.56. The van der Waals surface area contributed by atoms with Gasteiger partial charge in [-0.2, -0.15) is 0 Å². The average molecular weight is 285 g/mol. The summed E-state index contributed by atoms with van der Waals surface area (Å²) in [5.74, 6) is -2.63. The first kappa shape index (κ1) is 14.1. The lowest BCUT2D eigenvalue weighted by Gasteiger charge is -2.39. The molecule has 3 aliphatic rings. The minimum absolute atomic E-state index is 0.0323. The third-order valence-corrected chi connectivity index (χ3v) is 3.63. The highest BCUT2D eigenvalue weighted by Crippen LogP contribution is 2.47. The van der Waals surface area contributed by atoms with Crippen molar-refractivity contribution in [3.63, 3.8) is 0 Å². The standard InChI is InChI=1S/C12H19N3O5/c1-10(2)17-7-5-16-12(6-14-15-13)9(8(7)18-10)19-11(3,4)20-12/h7-9H,5-6H2,1-4H3/t7-,8+,9+,12-/m0/s1. The third-order valence-electron chi connectivity index (χ3n) is 3.63. The predicted octanol–water partition coefficient (Wildman–Crippen LogP) is 1.69. The Hall–Kier alpha value is -0.890. The number of hydrogen-bond acceptors (Lipinski definition) is 6. The molecule has 0 aromatic rings. The molecule has 0 saturated carbocycles. The molecular weight excluding hydrogens is 266 g/mol. The van der Waals surface area contributed by atoms with Crippen LogP contribution >= 0.6 is 0 Å². The maximum absolute atomic E-state index is 8.56. The van der Waals surface area contributed by atoms with E-state index in [-0.39, 0.29) is 18.8 Å². The van der Waals surface area contributed by atoms with Crippen LogP contribution < -0.4 is 0 Å². The van der Waals surface area contributed by atoms with Gasteiger partial charge < -0.3 is 23.7 Å². The number of fused-ring (bicyclic) bond motifs is 3. The number of nitrogens with zero attached hydrogens (tertiary/aromatic N) is 3. The lowest BCUT2D eigenvalue weighted by Crippen LogP contribution is -2.59. The molecule has 0 N–H and O–H groups in total. The second-order valence-electron chi connectivity index (χ2n) is 6.19. The Kier molecular flexibility index (Phi) is 3.02. The fraction of sp³-hybridized carbons (Fsp3) is 1.00. The van der Waals surface area contributed by atoms with E-state index in [1.54, 1.807) is 13.8 Å². The summed E-state index contributed by atoms with van der Waals surface area (Å²) in [7, 11) is 0. The van der Waals surface area contributed by atoms with E-state index < -0.39 is 23.5 Å². The van der Waals surface area contributed by atoms with Crippen molar-refractivity contribution in [3.05, 3.63) is 10.4 Å². The Morgan fingerprint density at radius 2 is 1.90 bits per heavy atom. The van der Waals surface area contributed by atoms with E-state index in [0.29, 0.717) is 6.61 Å². The minimum Gasteiger partial charge on any atom is -0.344 e. The van der Waals surface area contributed by atoms with Crippen LogP contribution in [0.3, 0.4) is 0 Å². The van der Waals surface area contributed by atoms with Crippen molar-refractivity contribution in [2.75, 3.05) is 13.2 Å². The maximum Gasteiger partial charge on any atom is 0.206 e. The van der Waals surface area contributed by atoms with Gasteiger partial charge in [-0.05, 0) is 33.2 Å². The van der Waals surface area contributed by atoms with Gasteiger partial charge >= 0.3 is 0 Å². The van der Waals surface area contributed by atoms with Gasteiger partial charge in [0.1, 0.15) is 18.3 Å². The molecule has 112 valence electrons. The smallest absolute Gasteiger partial charge is 0.206 e. The van der Waals surface area contributed by atoms with Crippen molar-refractivity contribution in [2.24, 2.45) is 5.11 Å². The number of hydrogen-bond donors (Lipinski definition) is 0. The van der Waals surface area contributed by atoms with Crippen LogP contribution in [0.2, 0.25) is 0 Å². The molecule has 0 amide bonds. The zero-order valence-corrected chi connectivity index (χ0v) is 12.0. The van der Waals surface area contributed by atoms with Crippen molar-refractivity contribution in [1.29, 1.82) is 0 Å². The van der Waals surface area contributed by atoms with Crippen molar-refractivity contribution < 1.29 is 23.7 Å². The van der Waals surface area contributed by atoms with Crippen LogP contribution in [0.4, 0.5) is 0 Å². The molecule has 8 nitrogen and oxygen atoms in total. The molecule has 8 heteroatoms. The van der Waals surface area contributed by atoms with Crippen LogP contribution in [-0.2, 0) is 23.7 Å². The molecule has 0 aliphatic carbocycles. The first-order valence-corrected chi connectivity index (χ1v) is 6.65. The summed E-state index contributed by atoms with van der Waals surface area (Å²) < 4.78 is 29.3. The summed E-state index contributed by atoms with van der Waals surface area (Å²) in [6.45, 7) is 7.63. The quantitative estimate of drug-likeness (QED) is 0.437. The van der Waals surface area contributed by atoms with Gasteiger partial charge in [-0.3, -0.25) is 0 Å². The van der Waals surface area contributed by atoms with E-state index in [9.17, 15) is 0 Å². The van der Waals surface area contributed by atoms with Gasteiger partial charge in [0.2, 0.25) is 5.79 Å². The van der Waals surface area contributed by atoms with Crippen molar-refractivity contribution in [2.45, 2.75) is 63.4 Å². The first-order valence-electron chi connectivity index (χ1n) is 6.65. The molecule has 0 bridgehead atoms. The molecular formula is C12H19N3O5. The minimum atomic E-state index is -1.11. The Morgan fingerprint density at radius 3 is 2.60 bits per heavy atom. The summed E-state index contributed by atoms with van der Waals surface area (Å²) in [6, 6.07) is 0. The van der Waals surface area contributed by atoms with E-state index in [0.717, 1.165) is 0 Å². The molecule has 4 atom stereocenters. The summed E-state index contributed by atoms with van der Waals surface area (Å²) in [6.07, 6.45) is -1.02. The van der Waals surface area contributed by atoms with E-state index in [1.807, 2.05) is 13.8 Å². The SMILES string of the molecule is CC1(C)O[C@@H]2[C@H](CO[C@@]3(CN=[N+]=[N-])OC(C)(C)O[C@H]23)O1. The van der Waals surface area contributed by atoms with Crippen molar-refractivity contribution in [3.8, 4) is 0 Å². The Bertz CT molecular complexity index is 462. The number of ether oxygens (including phenoxy) is 5. The number of azide groups is 1. The van der Waals surface area contributed by atoms with Crippen LogP contribution in [-0.4, -0.2) is 48.8 Å². The van der Waals surface area contributed by atoms with Crippen molar-refractivity contribution >= 4 is 0 Å². The molecule has 0 radical (unpaired) electrons. The lowest BCUT2D eigenvalue weighted by molar-refractivity contribution is -0.274. The van der Waals surface area contributed by atoms with Gasteiger partial charge in [-0.25, -0.2) is 0 Å². The molecule has 3 saturated heterocycles. The average Bonchev–Trinajstić information content (AvgIpc) is 2.78. The molecule has 3 rings (SSSR count). The summed E-state index contributed by atoms with van der Waals surface area (Å²) in [4.78, 5) is 2.78. The van der Waals surface area contributed by atoms with E-state index in [1.165, 1.54) is 0 Å². The zero-order chi connectivity index (χ0) is 14.6. The third kappa shape index (κ3) is 2.18. The molecule has 3 fully saturated rings. The van der Waals surface area contributed by atoms with Crippen LogP contribution in [0.15, 0.2) is 5.11 Å². The second kappa shape index (κ2) is 4.30. The number of rotatable bonds is 2. The van der Waals surface area contributed by atoms with Gasteiger partial charge in [0.25, 0.3) is 0 Å². The topological polar surface area (TPSA) is 94.9 Å². The normalized spacial score (nSPS) is 44.5. The van der Waals surface area contributed by atoms with Gasteiger partial charge in [0.15, 0.2) is 11.6 Å². The molecule has 0 aromatic carbocycles. The summed E-state index contributed by atoms with van der Waals surface area (Å²) >= 11 is 0. The highest BCUT2D eigenvalue weighted by atomic mass is 16.9. The highest BCUT2D eigenvalue weighted by Gasteiger charge is 2.64. The Balaban J connectivity index is 1.91. The van der Waals surface area contributed by atoms with Crippen LogP contribution in [0.25, 0.3) is 10.4 Å². The zero-order valence-electron chi connectivity index (χ0n) is 12.0. The monoisotopic (exact) mass is 285 g/mol.